The lowest BCUT2D eigenvalue weighted by Crippen LogP contribution is -2.58. The van der Waals surface area contributed by atoms with Gasteiger partial charge in [0.2, 0.25) is 26.0 Å². The lowest BCUT2D eigenvalue weighted by atomic mass is 9.88. The van der Waals surface area contributed by atoms with Crippen LogP contribution in [0.15, 0.2) is 89.9 Å². The molecule has 0 radical (unpaired) electrons. The number of aryl methyl sites for hydroxylation is 2. The predicted octanol–water partition coefficient (Wildman–Crippen LogP) is 7.56. The fraction of sp³-hybridized carbons (Fsp3) is 0.552. The zero-order valence-electron chi connectivity index (χ0n) is 46.0. The van der Waals surface area contributed by atoms with Gasteiger partial charge in [0.15, 0.2) is 0 Å². The monoisotopic (exact) mass is 1110 g/mol. The van der Waals surface area contributed by atoms with Crippen molar-refractivity contribution in [2.24, 2.45) is 16.8 Å². The average molecular weight is 1110 g/mol. The van der Waals surface area contributed by atoms with E-state index in [4.69, 9.17) is 14.5 Å². The van der Waals surface area contributed by atoms with Crippen LogP contribution in [-0.2, 0) is 52.0 Å². The predicted molar refractivity (Wildman–Crippen MR) is 300 cm³/mol. The SMILES string of the molecule is CC(C)(C)OC(=O)N1CCCC(C(=O)NC2(C#N)CCN(S(=O)(=O)CCc3cccc4ccccc34)CC2)C1.CC(C)(C)OC(=O)N1CCCC(C2=NC3(CCN(S(=O)(=O)CCc4cccc5ccccc45)CC3)C(=O)N2)C1. The van der Waals surface area contributed by atoms with E-state index in [0.717, 1.165) is 45.5 Å². The lowest BCUT2D eigenvalue weighted by molar-refractivity contribution is -0.128. The van der Waals surface area contributed by atoms with Crippen LogP contribution in [0.4, 0.5) is 9.59 Å². The van der Waals surface area contributed by atoms with Gasteiger partial charge in [0.25, 0.3) is 5.91 Å². The van der Waals surface area contributed by atoms with Crippen LogP contribution in [0, 0.1) is 23.2 Å². The van der Waals surface area contributed by atoms with Crippen LogP contribution < -0.4 is 10.6 Å². The van der Waals surface area contributed by atoms with Gasteiger partial charge < -0.3 is 29.9 Å². The minimum absolute atomic E-state index is 0.0184. The fourth-order valence-electron chi connectivity index (χ4n) is 11.1. The molecule has 2 unspecified atom stereocenters. The second-order valence-electron chi connectivity index (χ2n) is 23.4. The van der Waals surface area contributed by atoms with Gasteiger partial charge in [-0.05, 0) is 138 Å². The maximum atomic E-state index is 13.2. The number of amidine groups is 1. The molecule has 5 aliphatic heterocycles. The summed E-state index contributed by atoms with van der Waals surface area (Å²) >= 11 is 0. The highest BCUT2D eigenvalue weighted by atomic mass is 32.2. The highest BCUT2D eigenvalue weighted by Crippen LogP contribution is 2.35. The molecule has 5 aliphatic rings. The minimum Gasteiger partial charge on any atom is -0.444 e. The first-order valence-electron chi connectivity index (χ1n) is 27.4. The summed E-state index contributed by atoms with van der Waals surface area (Å²) in [5, 5.41) is 20.2. The van der Waals surface area contributed by atoms with Crippen molar-refractivity contribution < 1.29 is 45.5 Å². The summed E-state index contributed by atoms with van der Waals surface area (Å²) in [7, 11) is -7.02. The molecule has 5 heterocycles. The van der Waals surface area contributed by atoms with Gasteiger partial charge in [-0.25, -0.2) is 35.0 Å². The van der Waals surface area contributed by atoms with Gasteiger partial charge in [-0.1, -0.05) is 84.9 Å². The normalized spacial score (nSPS) is 21.2. The molecule has 4 aromatic rings. The number of nitriles is 1. The van der Waals surface area contributed by atoms with E-state index in [2.05, 4.69) is 16.7 Å². The molecular formula is C58H76N8O10S2. The Balaban J connectivity index is 0.000000206. The van der Waals surface area contributed by atoms with Crippen molar-refractivity contribution >= 4 is 71.4 Å². The number of hydrogen-bond donors (Lipinski definition) is 2. The number of ether oxygens (including phenoxy) is 2. The van der Waals surface area contributed by atoms with Gasteiger partial charge in [-0.2, -0.15) is 5.26 Å². The van der Waals surface area contributed by atoms with Gasteiger partial charge in [0.1, 0.15) is 28.1 Å². The molecule has 9 rings (SSSR count). The number of amides is 4. The molecule has 2 atom stereocenters. The van der Waals surface area contributed by atoms with Crippen LogP contribution in [0.1, 0.15) is 104 Å². The van der Waals surface area contributed by atoms with Gasteiger partial charge in [0, 0.05) is 58.3 Å². The molecule has 0 aromatic heterocycles. The largest absolute Gasteiger partial charge is 0.444 e. The number of piperidine rings is 4. The second kappa shape index (κ2) is 23.7. The Kier molecular flexibility index (Phi) is 17.6. The summed E-state index contributed by atoms with van der Waals surface area (Å²) in [6, 6.07) is 30.0. The third kappa shape index (κ3) is 14.2. The molecule has 0 bridgehead atoms. The number of carbonyl (C=O) groups excluding carboxylic acids is 4. The summed E-state index contributed by atoms with van der Waals surface area (Å²) in [6.45, 7) is 13.6. The third-order valence-electron chi connectivity index (χ3n) is 15.4. The van der Waals surface area contributed by atoms with Crippen LogP contribution in [-0.4, -0.2) is 151 Å². The number of nitrogens with one attached hydrogen (secondary N) is 2. The van der Waals surface area contributed by atoms with E-state index in [-0.39, 0.29) is 80.9 Å². The summed E-state index contributed by atoms with van der Waals surface area (Å²) in [6.07, 6.45) is 4.05. The number of likely N-dealkylation sites (tertiary alicyclic amines) is 2. The van der Waals surface area contributed by atoms with Gasteiger partial charge in [-0.15, -0.1) is 0 Å². The van der Waals surface area contributed by atoms with E-state index in [9.17, 15) is 41.3 Å². The van der Waals surface area contributed by atoms with E-state index < -0.39 is 54.3 Å². The Hall–Kier alpha value is -6.14. The first-order valence-corrected chi connectivity index (χ1v) is 30.6. The van der Waals surface area contributed by atoms with Gasteiger partial charge >= 0.3 is 12.2 Å². The number of fused-ring (bicyclic) bond motifs is 2. The van der Waals surface area contributed by atoms with Crippen molar-refractivity contribution in [2.45, 2.75) is 128 Å². The van der Waals surface area contributed by atoms with E-state index in [1.165, 1.54) is 8.61 Å². The molecular weight excluding hydrogens is 1030 g/mol. The Bertz CT molecular complexity index is 3160. The first-order chi connectivity index (χ1) is 36.9. The summed E-state index contributed by atoms with van der Waals surface area (Å²) in [4.78, 5) is 59.4. The quantitative estimate of drug-likeness (QED) is 0.149. The maximum absolute atomic E-state index is 13.2. The van der Waals surface area contributed by atoms with E-state index in [1.54, 1.807) is 30.6 Å². The number of aliphatic imine (C=N–C) groups is 1. The fourth-order valence-corrected chi connectivity index (χ4v) is 14.0. The number of carbonyl (C=O) groups is 4. The molecule has 4 fully saturated rings. The van der Waals surface area contributed by atoms with Crippen LogP contribution >= 0.6 is 0 Å². The summed E-state index contributed by atoms with van der Waals surface area (Å²) < 4.78 is 66.7. The number of rotatable bonds is 11. The van der Waals surface area contributed by atoms with Crippen LogP contribution in [0.3, 0.4) is 0 Å². The second-order valence-corrected chi connectivity index (χ2v) is 27.6. The minimum atomic E-state index is -3.54. The summed E-state index contributed by atoms with van der Waals surface area (Å²) in [5.41, 5.74) is -1.27. The first kappa shape index (κ1) is 58.0. The zero-order chi connectivity index (χ0) is 56.1. The van der Waals surface area contributed by atoms with Crippen molar-refractivity contribution in [1.29, 1.82) is 5.26 Å². The Labute approximate surface area is 460 Å². The van der Waals surface area contributed by atoms with Crippen LogP contribution in [0.5, 0.6) is 0 Å². The number of sulfonamides is 2. The van der Waals surface area contributed by atoms with E-state index >= 15 is 0 Å². The number of nitrogens with zero attached hydrogens (tertiary/aromatic N) is 6. The van der Waals surface area contributed by atoms with Gasteiger partial charge in [0.05, 0.1) is 23.5 Å². The number of benzene rings is 4. The topological polar surface area (TPSA) is 228 Å². The molecule has 1 spiro atoms. The Morgan fingerprint density at radius 2 is 1.13 bits per heavy atom. The number of hydrogen-bond acceptors (Lipinski definition) is 12. The molecule has 4 aromatic carbocycles. The maximum Gasteiger partial charge on any atom is 0.410 e. The smallest absolute Gasteiger partial charge is 0.410 e. The molecule has 18 nitrogen and oxygen atoms in total. The highest BCUT2D eigenvalue weighted by Gasteiger charge is 2.49. The van der Waals surface area contributed by atoms with Crippen molar-refractivity contribution in [3.63, 3.8) is 0 Å². The molecule has 0 saturated carbocycles. The Morgan fingerprint density at radius 3 is 1.63 bits per heavy atom. The third-order valence-corrected chi connectivity index (χ3v) is 19.2. The standard InChI is InChI=1S/2C29H38N4O5S/c1-28(2,3)38-27(35)32-16-7-11-23(20-32)25-30-26(34)29(31-25)14-17-33(18-15-29)39(36,37)19-13-22-10-6-9-21-8-4-5-12-24(21)22;1-28(2,3)38-27(35)32-16-7-11-24(20-32)26(34)31-29(21-30)14-17-33(18-15-29)39(36,37)19-13-23-10-6-9-22-8-4-5-12-25(22)23/h4-6,8-10,12,23H,7,11,13-20H2,1-3H3,(H,30,31,34);4-6,8-10,12,24H,7,11,13-20H2,1-3H3,(H,31,34). The van der Waals surface area contributed by atoms with Crippen LogP contribution in [0.25, 0.3) is 21.5 Å². The van der Waals surface area contributed by atoms with E-state index in [1.807, 2.05) is 106 Å². The molecule has 2 N–H and O–H groups in total. The lowest BCUT2D eigenvalue weighted by Gasteiger charge is -2.39. The molecule has 20 heteroatoms. The van der Waals surface area contributed by atoms with E-state index in [0.29, 0.717) is 64.0 Å². The molecule has 78 heavy (non-hydrogen) atoms. The van der Waals surface area contributed by atoms with Crippen molar-refractivity contribution in [1.82, 2.24) is 29.0 Å². The van der Waals surface area contributed by atoms with Crippen LogP contribution in [0.2, 0.25) is 0 Å². The molecule has 420 valence electrons. The zero-order valence-corrected chi connectivity index (χ0v) is 47.6. The Morgan fingerprint density at radius 1 is 0.667 bits per heavy atom. The molecule has 4 saturated heterocycles. The summed E-state index contributed by atoms with van der Waals surface area (Å²) in [5.74, 6) is -0.347. The van der Waals surface area contributed by atoms with Crippen molar-refractivity contribution in [3.8, 4) is 6.07 Å². The molecule has 0 aliphatic carbocycles. The average Bonchev–Trinajstić information content (AvgIpc) is 3.81. The van der Waals surface area contributed by atoms with Crippen molar-refractivity contribution in [3.05, 3.63) is 96.1 Å². The van der Waals surface area contributed by atoms with Gasteiger partial charge in [-0.3, -0.25) is 14.6 Å². The van der Waals surface area contributed by atoms with Crippen molar-refractivity contribution in [2.75, 3.05) is 63.9 Å². The highest BCUT2D eigenvalue weighted by molar-refractivity contribution is 7.89. The molecule has 4 amide bonds.